The Balaban J connectivity index is 2.31. The van der Waals surface area contributed by atoms with E-state index in [-0.39, 0.29) is 11.9 Å². The number of carbonyl (C=O) groups is 1. The van der Waals surface area contributed by atoms with Gasteiger partial charge in [-0.15, -0.1) is 0 Å². The molecule has 0 radical (unpaired) electrons. The number of carbonyl (C=O) groups excluding carboxylic acids is 1. The Morgan fingerprint density at radius 2 is 1.89 bits per heavy atom. The Hall–Kier alpha value is -0.970. The van der Waals surface area contributed by atoms with Crippen molar-refractivity contribution < 1.29 is 9.53 Å². The minimum absolute atomic E-state index is 0.156. The molecule has 0 unspecified atom stereocenters. The molecule has 1 aliphatic rings. The molecule has 1 aromatic carbocycles. The minimum Gasteiger partial charge on any atom is -0.494 e. The van der Waals surface area contributed by atoms with E-state index in [1.54, 1.807) is 17.0 Å². The number of hydrogen-bond acceptors (Lipinski definition) is 3. The molecule has 2 rings (SSSR count). The van der Waals surface area contributed by atoms with Crippen LogP contribution in [0.5, 0.6) is 5.75 Å². The molecule has 1 aromatic rings. The average molecular weight is 303 g/mol. The van der Waals surface area contributed by atoms with Crippen LogP contribution in [-0.4, -0.2) is 37.0 Å². The minimum atomic E-state index is -0.156. The van der Waals surface area contributed by atoms with Crippen LogP contribution in [0.15, 0.2) is 12.1 Å². The third-order valence-corrected chi connectivity index (χ3v) is 3.92. The molecule has 1 saturated heterocycles. The van der Waals surface area contributed by atoms with Crippen molar-refractivity contribution >= 4 is 29.1 Å². The van der Waals surface area contributed by atoms with Crippen LogP contribution in [0.2, 0.25) is 10.0 Å². The Bertz CT molecular complexity index is 486. The fraction of sp³-hybridized carbons (Fsp3) is 0.462. The first-order valence-corrected chi connectivity index (χ1v) is 6.87. The number of nitrogens with zero attached hydrogens (tertiary/aromatic N) is 1. The molecule has 104 valence electrons. The molecular weight excluding hydrogens is 287 g/mol. The molecule has 1 aliphatic heterocycles. The molecule has 2 N–H and O–H groups in total. The summed E-state index contributed by atoms with van der Waals surface area (Å²) in [4.78, 5) is 14.3. The van der Waals surface area contributed by atoms with Crippen molar-refractivity contribution in [1.29, 1.82) is 0 Å². The standard InChI is InChI=1S/C13H16Cl2N2O2/c1-19-12-10(15)3-2-9(14)11(12)13(18)17-6-4-8(16)5-7-17/h2-3,8H,4-7,16H2,1H3. The van der Waals surface area contributed by atoms with Crippen LogP contribution in [-0.2, 0) is 0 Å². The fourth-order valence-corrected chi connectivity index (χ4v) is 2.66. The highest BCUT2D eigenvalue weighted by Gasteiger charge is 2.27. The van der Waals surface area contributed by atoms with Gasteiger partial charge in [-0.2, -0.15) is 0 Å². The lowest BCUT2D eigenvalue weighted by atomic mass is 10.0. The van der Waals surface area contributed by atoms with E-state index in [9.17, 15) is 4.79 Å². The number of likely N-dealkylation sites (tertiary alicyclic amines) is 1. The summed E-state index contributed by atoms with van der Waals surface area (Å²) in [7, 11) is 1.47. The molecule has 0 aromatic heterocycles. The summed E-state index contributed by atoms with van der Waals surface area (Å²) in [6.45, 7) is 1.26. The second-order valence-electron chi connectivity index (χ2n) is 4.57. The molecule has 19 heavy (non-hydrogen) atoms. The number of halogens is 2. The summed E-state index contributed by atoms with van der Waals surface area (Å²) in [5.41, 5.74) is 6.16. The van der Waals surface area contributed by atoms with Gasteiger partial charge in [0.2, 0.25) is 0 Å². The largest absolute Gasteiger partial charge is 0.494 e. The Morgan fingerprint density at radius 1 is 1.32 bits per heavy atom. The van der Waals surface area contributed by atoms with Gasteiger partial charge >= 0.3 is 0 Å². The van der Waals surface area contributed by atoms with Gasteiger partial charge in [0.05, 0.1) is 17.2 Å². The lowest BCUT2D eigenvalue weighted by molar-refractivity contribution is 0.0711. The van der Waals surface area contributed by atoms with Crippen LogP contribution in [0.4, 0.5) is 0 Å². The Kier molecular flexibility index (Phi) is 4.55. The summed E-state index contributed by atoms with van der Waals surface area (Å²) in [6, 6.07) is 3.39. The molecule has 6 heteroatoms. The maximum Gasteiger partial charge on any atom is 0.259 e. The van der Waals surface area contributed by atoms with Crippen molar-refractivity contribution in [2.24, 2.45) is 5.73 Å². The monoisotopic (exact) mass is 302 g/mol. The number of ether oxygens (including phenoxy) is 1. The lowest BCUT2D eigenvalue weighted by Gasteiger charge is -2.30. The molecular formula is C13H16Cl2N2O2. The van der Waals surface area contributed by atoms with E-state index in [0.717, 1.165) is 12.8 Å². The number of rotatable bonds is 2. The molecule has 1 heterocycles. The van der Waals surface area contributed by atoms with Crippen LogP contribution < -0.4 is 10.5 Å². The van der Waals surface area contributed by atoms with Gasteiger partial charge in [0, 0.05) is 19.1 Å². The second-order valence-corrected chi connectivity index (χ2v) is 5.38. The summed E-state index contributed by atoms with van der Waals surface area (Å²) in [5, 5.41) is 0.727. The van der Waals surface area contributed by atoms with Crippen LogP contribution in [0.25, 0.3) is 0 Å². The number of hydrogen-bond donors (Lipinski definition) is 1. The van der Waals surface area contributed by atoms with E-state index in [1.165, 1.54) is 7.11 Å². The quantitative estimate of drug-likeness (QED) is 0.913. The van der Waals surface area contributed by atoms with Gasteiger partial charge in [0.25, 0.3) is 5.91 Å². The van der Waals surface area contributed by atoms with Crippen molar-refractivity contribution in [2.45, 2.75) is 18.9 Å². The van der Waals surface area contributed by atoms with E-state index in [1.807, 2.05) is 0 Å². The molecule has 4 nitrogen and oxygen atoms in total. The van der Waals surface area contributed by atoms with Crippen molar-refractivity contribution in [1.82, 2.24) is 4.90 Å². The smallest absolute Gasteiger partial charge is 0.259 e. The molecule has 0 atom stereocenters. The summed E-state index contributed by atoms with van der Waals surface area (Å²) < 4.78 is 5.20. The lowest BCUT2D eigenvalue weighted by Crippen LogP contribution is -2.43. The van der Waals surface area contributed by atoms with Crippen molar-refractivity contribution in [3.05, 3.63) is 27.7 Å². The highest BCUT2D eigenvalue weighted by atomic mass is 35.5. The molecule has 0 bridgehead atoms. The number of methoxy groups -OCH3 is 1. The van der Waals surface area contributed by atoms with Gasteiger partial charge in [0.15, 0.2) is 5.75 Å². The van der Waals surface area contributed by atoms with E-state index in [0.29, 0.717) is 34.4 Å². The van der Waals surface area contributed by atoms with E-state index < -0.39 is 0 Å². The van der Waals surface area contributed by atoms with Gasteiger partial charge in [-0.1, -0.05) is 23.2 Å². The van der Waals surface area contributed by atoms with Crippen LogP contribution >= 0.6 is 23.2 Å². The Morgan fingerprint density at radius 3 is 2.47 bits per heavy atom. The SMILES string of the molecule is COc1c(Cl)ccc(Cl)c1C(=O)N1CCC(N)CC1. The normalized spacial score (nSPS) is 16.5. The zero-order valence-corrected chi connectivity index (χ0v) is 12.2. The van der Waals surface area contributed by atoms with Crippen molar-refractivity contribution in [3.8, 4) is 5.75 Å². The number of benzene rings is 1. The van der Waals surface area contributed by atoms with Crippen molar-refractivity contribution in [2.75, 3.05) is 20.2 Å². The third-order valence-electron chi connectivity index (χ3n) is 3.30. The third kappa shape index (κ3) is 2.96. The first kappa shape index (κ1) is 14.4. The maximum atomic E-state index is 12.5. The van der Waals surface area contributed by atoms with Crippen LogP contribution in [0.3, 0.4) is 0 Å². The second kappa shape index (κ2) is 5.99. The van der Waals surface area contributed by atoms with Crippen LogP contribution in [0, 0.1) is 0 Å². The zero-order chi connectivity index (χ0) is 14.0. The summed E-state index contributed by atoms with van der Waals surface area (Å²) in [6.07, 6.45) is 1.60. The van der Waals surface area contributed by atoms with Crippen molar-refractivity contribution in [3.63, 3.8) is 0 Å². The number of amides is 1. The molecule has 0 aliphatic carbocycles. The first-order chi connectivity index (χ1) is 9.04. The van der Waals surface area contributed by atoms with E-state index in [4.69, 9.17) is 33.7 Å². The van der Waals surface area contributed by atoms with E-state index >= 15 is 0 Å². The average Bonchev–Trinajstić information content (AvgIpc) is 2.41. The predicted octanol–water partition coefficient (Wildman–Crippen LogP) is 2.57. The van der Waals surface area contributed by atoms with Gasteiger partial charge in [0.1, 0.15) is 5.56 Å². The number of nitrogens with two attached hydrogens (primary N) is 1. The first-order valence-electron chi connectivity index (χ1n) is 6.11. The van der Waals surface area contributed by atoms with Gasteiger partial charge in [-0.25, -0.2) is 0 Å². The highest BCUT2D eigenvalue weighted by Crippen LogP contribution is 2.35. The van der Waals surface area contributed by atoms with Crippen LogP contribution in [0.1, 0.15) is 23.2 Å². The van der Waals surface area contributed by atoms with E-state index in [2.05, 4.69) is 0 Å². The topological polar surface area (TPSA) is 55.6 Å². The fourth-order valence-electron chi connectivity index (χ4n) is 2.19. The number of piperidine rings is 1. The molecule has 0 spiro atoms. The highest BCUT2D eigenvalue weighted by molar-refractivity contribution is 6.37. The Labute approximate surface area is 122 Å². The summed E-state index contributed by atoms with van der Waals surface area (Å²) in [5.74, 6) is 0.172. The molecule has 1 amide bonds. The maximum absolute atomic E-state index is 12.5. The van der Waals surface area contributed by atoms with Gasteiger partial charge < -0.3 is 15.4 Å². The zero-order valence-electron chi connectivity index (χ0n) is 10.7. The molecule has 0 saturated carbocycles. The predicted molar refractivity (Wildman–Crippen MR) is 76.1 cm³/mol. The van der Waals surface area contributed by atoms with Gasteiger partial charge in [-0.05, 0) is 25.0 Å². The summed E-state index contributed by atoms with van der Waals surface area (Å²) >= 11 is 12.1. The van der Waals surface area contributed by atoms with Gasteiger partial charge in [-0.3, -0.25) is 4.79 Å². The molecule has 1 fully saturated rings.